The van der Waals surface area contributed by atoms with Crippen molar-refractivity contribution in [2.75, 3.05) is 6.54 Å². The van der Waals surface area contributed by atoms with Gasteiger partial charge in [-0.15, -0.1) is 10.2 Å². The Hall–Kier alpha value is -0.940. The van der Waals surface area contributed by atoms with E-state index >= 15 is 0 Å². The van der Waals surface area contributed by atoms with Crippen molar-refractivity contribution in [1.29, 1.82) is 0 Å². The molecule has 1 aromatic heterocycles. The van der Waals surface area contributed by atoms with E-state index in [-0.39, 0.29) is 6.10 Å². The van der Waals surface area contributed by atoms with Crippen molar-refractivity contribution in [3.05, 3.63) is 11.6 Å². The zero-order valence-corrected chi connectivity index (χ0v) is 12.6. The van der Waals surface area contributed by atoms with Crippen LogP contribution in [-0.2, 0) is 19.4 Å². The zero-order chi connectivity index (χ0) is 14.1. The fourth-order valence-electron chi connectivity index (χ4n) is 3.66. The van der Waals surface area contributed by atoms with Gasteiger partial charge in [0, 0.05) is 31.5 Å². The molecule has 0 radical (unpaired) electrons. The van der Waals surface area contributed by atoms with Gasteiger partial charge in [-0.3, -0.25) is 4.90 Å². The number of hydrogen-bond donors (Lipinski definition) is 1. The van der Waals surface area contributed by atoms with Crippen molar-refractivity contribution < 1.29 is 5.11 Å². The Bertz CT molecular complexity index is 457. The van der Waals surface area contributed by atoms with Gasteiger partial charge in [0.1, 0.15) is 11.6 Å². The average molecular weight is 278 g/mol. The highest BCUT2D eigenvalue weighted by Gasteiger charge is 2.28. The molecule has 1 aromatic rings. The molecule has 5 nitrogen and oxygen atoms in total. The summed E-state index contributed by atoms with van der Waals surface area (Å²) in [7, 11) is 0. The Morgan fingerprint density at radius 2 is 2.05 bits per heavy atom. The van der Waals surface area contributed by atoms with Gasteiger partial charge in [-0.1, -0.05) is 6.42 Å². The van der Waals surface area contributed by atoms with Crippen LogP contribution in [0.5, 0.6) is 0 Å². The summed E-state index contributed by atoms with van der Waals surface area (Å²) in [5.74, 6) is 2.08. The lowest BCUT2D eigenvalue weighted by Crippen LogP contribution is -2.45. The summed E-state index contributed by atoms with van der Waals surface area (Å²) >= 11 is 0. The second kappa shape index (κ2) is 5.82. The van der Waals surface area contributed by atoms with Crippen molar-refractivity contribution in [1.82, 2.24) is 19.7 Å². The molecule has 0 saturated carbocycles. The molecule has 1 saturated heterocycles. The molecule has 1 N–H and O–H groups in total. The predicted molar refractivity (Wildman–Crippen MR) is 77.5 cm³/mol. The maximum absolute atomic E-state index is 9.71. The Morgan fingerprint density at radius 1 is 1.20 bits per heavy atom. The van der Waals surface area contributed by atoms with E-state index in [0.29, 0.717) is 18.5 Å². The monoisotopic (exact) mass is 278 g/mol. The number of likely N-dealkylation sites (tertiary alicyclic amines) is 1. The highest BCUT2D eigenvalue weighted by Crippen LogP contribution is 2.24. The summed E-state index contributed by atoms with van der Waals surface area (Å²) in [5.41, 5.74) is 0. The molecule has 0 aromatic carbocycles. The third kappa shape index (κ3) is 2.74. The minimum absolute atomic E-state index is 0.235. The predicted octanol–water partition coefficient (Wildman–Crippen LogP) is 1.39. The number of aliphatic hydroxyl groups is 1. The number of rotatable bonds is 3. The van der Waals surface area contributed by atoms with Crippen LogP contribution in [0.1, 0.15) is 51.2 Å². The van der Waals surface area contributed by atoms with Gasteiger partial charge in [0.05, 0.1) is 6.10 Å². The first kappa shape index (κ1) is 14.0. The number of aliphatic hydroxyl groups excluding tert-OH is 1. The normalized spacial score (nSPS) is 27.8. The topological polar surface area (TPSA) is 54.2 Å². The van der Waals surface area contributed by atoms with Gasteiger partial charge >= 0.3 is 0 Å². The second-order valence-corrected chi connectivity index (χ2v) is 6.52. The van der Waals surface area contributed by atoms with Crippen LogP contribution in [0.4, 0.5) is 0 Å². The molecule has 3 rings (SSSR count). The number of nitrogens with zero attached hydrogens (tertiary/aromatic N) is 4. The van der Waals surface area contributed by atoms with Crippen LogP contribution >= 0.6 is 0 Å². The average Bonchev–Trinajstić information content (AvgIpc) is 2.81. The summed E-state index contributed by atoms with van der Waals surface area (Å²) in [4.78, 5) is 2.61. The van der Waals surface area contributed by atoms with Crippen LogP contribution < -0.4 is 0 Å². The quantitative estimate of drug-likeness (QED) is 0.908. The lowest BCUT2D eigenvalue weighted by Gasteiger charge is -2.38. The summed E-state index contributed by atoms with van der Waals surface area (Å²) in [6.45, 7) is 6.65. The van der Waals surface area contributed by atoms with E-state index in [0.717, 1.165) is 31.0 Å². The Kier molecular flexibility index (Phi) is 4.08. The van der Waals surface area contributed by atoms with E-state index in [2.05, 4.69) is 33.5 Å². The molecule has 0 bridgehead atoms. The zero-order valence-electron chi connectivity index (χ0n) is 12.6. The van der Waals surface area contributed by atoms with E-state index < -0.39 is 0 Å². The van der Waals surface area contributed by atoms with Gasteiger partial charge in [-0.25, -0.2) is 0 Å². The van der Waals surface area contributed by atoms with Crippen molar-refractivity contribution in [3.63, 3.8) is 0 Å². The Labute approximate surface area is 121 Å². The molecule has 112 valence electrons. The van der Waals surface area contributed by atoms with E-state index in [1.165, 1.54) is 25.8 Å². The van der Waals surface area contributed by atoms with Crippen molar-refractivity contribution in [2.24, 2.45) is 0 Å². The smallest absolute Gasteiger partial charge is 0.135 e. The fraction of sp³-hybridized carbons (Fsp3) is 0.867. The summed E-state index contributed by atoms with van der Waals surface area (Å²) in [5, 5.41) is 18.4. The van der Waals surface area contributed by atoms with Gasteiger partial charge in [-0.05, 0) is 39.7 Å². The third-order valence-corrected chi connectivity index (χ3v) is 4.76. The number of aromatic nitrogens is 3. The van der Waals surface area contributed by atoms with E-state index in [9.17, 15) is 5.11 Å². The third-order valence-electron chi connectivity index (χ3n) is 4.76. The van der Waals surface area contributed by atoms with Gasteiger partial charge in [0.2, 0.25) is 0 Å². The van der Waals surface area contributed by atoms with E-state index in [1.54, 1.807) is 0 Å². The largest absolute Gasteiger partial charge is 0.393 e. The molecular weight excluding hydrogens is 252 g/mol. The van der Waals surface area contributed by atoms with Crippen molar-refractivity contribution in [3.8, 4) is 0 Å². The molecular formula is C15H26N4O. The van der Waals surface area contributed by atoms with Crippen molar-refractivity contribution in [2.45, 2.75) is 77.1 Å². The Balaban J connectivity index is 1.74. The molecule has 2 unspecified atom stereocenters. The number of piperidine rings is 1. The first-order chi connectivity index (χ1) is 9.65. The first-order valence-corrected chi connectivity index (χ1v) is 8.00. The van der Waals surface area contributed by atoms with E-state index in [4.69, 9.17) is 0 Å². The molecule has 0 aliphatic carbocycles. The van der Waals surface area contributed by atoms with Gasteiger partial charge in [-0.2, -0.15) is 0 Å². The Morgan fingerprint density at radius 3 is 2.85 bits per heavy atom. The molecule has 0 spiro atoms. The van der Waals surface area contributed by atoms with Crippen LogP contribution in [-0.4, -0.2) is 49.5 Å². The first-order valence-electron chi connectivity index (χ1n) is 8.00. The second-order valence-electron chi connectivity index (χ2n) is 6.52. The lowest BCUT2D eigenvalue weighted by atomic mass is 9.97. The highest BCUT2D eigenvalue weighted by molar-refractivity contribution is 5.03. The van der Waals surface area contributed by atoms with Crippen LogP contribution in [0.15, 0.2) is 0 Å². The lowest BCUT2D eigenvalue weighted by molar-refractivity contribution is 0.108. The molecule has 2 aliphatic heterocycles. The molecule has 2 aliphatic rings. The SMILES string of the molecule is CC(C)N1CCCCC1Cc1nnc2n1CCC(O)C2. The van der Waals surface area contributed by atoms with Gasteiger partial charge in [0.15, 0.2) is 0 Å². The maximum atomic E-state index is 9.71. The molecule has 2 atom stereocenters. The van der Waals surface area contributed by atoms with E-state index in [1.807, 2.05) is 0 Å². The van der Waals surface area contributed by atoms with Crippen LogP contribution in [0, 0.1) is 0 Å². The summed E-state index contributed by atoms with van der Waals surface area (Å²) in [6, 6.07) is 1.20. The molecule has 0 amide bonds. The van der Waals surface area contributed by atoms with Crippen LogP contribution in [0.25, 0.3) is 0 Å². The number of hydrogen-bond acceptors (Lipinski definition) is 4. The summed E-state index contributed by atoms with van der Waals surface area (Å²) < 4.78 is 2.24. The van der Waals surface area contributed by atoms with Gasteiger partial charge in [0.25, 0.3) is 0 Å². The molecule has 20 heavy (non-hydrogen) atoms. The highest BCUT2D eigenvalue weighted by atomic mass is 16.3. The van der Waals surface area contributed by atoms with Crippen molar-refractivity contribution >= 4 is 0 Å². The maximum Gasteiger partial charge on any atom is 0.135 e. The minimum atomic E-state index is -0.235. The minimum Gasteiger partial charge on any atom is -0.393 e. The molecule has 3 heterocycles. The summed E-state index contributed by atoms with van der Waals surface area (Å²) in [6.07, 6.45) is 6.17. The molecule has 1 fully saturated rings. The van der Waals surface area contributed by atoms with Crippen LogP contribution in [0.2, 0.25) is 0 Å². The number of fused-ring (bicyclic) bond motifs is 1. The standard InChI is InChI=1S/C15H26N4O/c1-11(2)18-7-4-3-5-12(18)9-14-16-17-15-10-13(20)6-8-19(14)15/h11-13,20H,3-10H2,1-2H3. The molecule has 5 heteroatoms. The van der Waals surface area contributed by atoms with Crippen LogP contribution in [0.3, 0.4) is 0 Å². The van der Waals surface area contributed by atoms with Gasteiger partial charge < -0.3 is 9.67 Å². The fourth-order valence-corrected chi connectivity index (χ4v) is 3.66.